The summed E-state index contributed by atoms with van der Waals surface area (Å²) in [5.74, 6) is -0.0257. The average Bonchev–Trinajstić information content (AvgIpc) is 2.40. The summed E-state index contributed by atoms with van der Waals surface area (Å²) in [7, 11) is 0. The van der Waals surface area contributed by atoms with Gasteiger partial charge in [-0.25, -0.2) is 0 Å². The Morgan fingerprint density at radius 3 is 2.79 bits per heavy atom. The van der Waals surface area contributed by atoms with Gasteiger partial charge in [0.1, 0.15) is 0 Å². The molecule has 19 heavy (non-hydrogen) atoms. The second kappa shape index (κ2) is 10.1. The number of allylic oxidation sites excluding steroid dienone is 1. The standard InChI is InChI=1S/C13H19NO3S2/c1-2-17-12-4-3-11(15)5-7-18-10-19-8-6-13(16)14-9-12/h5-8,12H,2-4,9-10H2,1H3,(H,14,16). The summed E-state index contributed by atoms with van der Waals surface area (Å²) in [6.07, 6.45) is 4.10. The second-order valence-electron chi connectivity index (χ2n) is 3.88. The van der Waals surface area contributed by atoms with Crippen molar-refractivity contribution in [1.82, 2.24) is 5.32 Å². The molecule has 1 aliphatic heterocycles. The minimum atomic E-state index is -0.124. The van der Waals surface area contributed by atoms with Crippen molar-refractivity contribution >= 4 is 35.2 Å². The molecule has 0 radical (unpaired) electrons. The third-order valence-electron chi connectivity index (χ3n) is 2.42. The maximum Gasteiger partial charge on any atom is 0.244 e. The second-order valence-corrected chi connectivity index (χ2v) is 6.04. The van der Waals surface area contributed by atoms with E-state index in [1.54, 1.807) is 23.2 Å². The first-order valence-electron chi connectivity index (χ1n) is 6.21. The monoisotopic (exact) mass is 301 g/mol. The van der Waals surface area contributed by atoms with Crippen LogP contribution < -0.4 is 5.32 Å². The number of thioether (sulfide) groups is 2. The van der Waals surface area contributed by atoms with Crippen LogP contribution >= 0.6 is 23.5 Å². The van der Waals surface area contributed by atoms with E-state index in [-0.39, 0.29) is 17.8 Å². The summed E-state index contributed by atoms with van der Waals surface area (Å²) in [4.78, 5) is 23.1. The number of hydrogen-bond donors (Lipinski definition) is 1. The third kappa shape index (κ3) is 8.13. The molecule has 1 heterocycles. The third-order valence-corrected chi connectivity index (χ3v) is 4.17. The van der Waals surface area contributed by atoms with Crippen molar-refractivity contribution in [2.75, 3.05) is 18.2 Å². The van der Waals surface area contributed by atoms with Crippen LogP contribution in [0.3, 0.4) is 0 Å². The summed E-state index contributed by atoms with van der Waals surface area (Å²) in [6, 6.07) is 0. The molecule has 1 amide bonds. The van der Waals surface area contributed by atoms with Gasteiger partial charge in [-0.3, -0.25) is 9.59 Å². The van der Waals surface area contributed by atoms with Gasteiger partial charge >= 0.3 is 0 Å². The van der Waals surface area contributed by atoms with Gasteiger partial charge in [-0.1, -0.05) is 0 Å². The quantitative estimate of drug-likeness (QED) is 0.848. The van der Waals surface area contributed by atoms with E-state index in [4.69, 9.17) is 4.74 Å². The first kappa shape index (κ1) is 16.3. The highest BCUT2D eigenvalue weighted by molar-refractivity contribution is 8.18. The summed E-state index contributed by atoms with van der Waals surface area (Å²) >= 11 is 3.07. The van der Waals surface area contributed by atoms with Gasteiger partial charge in [0, 0.05) is 30.7 Å². The van der Waals surface area contributed by atoms with Crippen LogP contribution in [-0.2, 0) is 14.3 Å². The molecule has 0 fully saturated rings. The Labute approximate surface area is 122 Å². The molecule has 1 rings (SSSR count). The van der Waals surface area contributed by atoms with E-state index in [2.05, 4.69) is 5.32 Å². The number of nitrogens with one attached hydrogen (secondary N) is 1. The van der Waals surface area contributed by atoms with Gasteiger partial charge < -0.3 is 10.1 Å². The van der Waals surface area contributed by atoms with Gasteiger partial charge in [0.05, 0.1) is 6.10 Å². The van der Waals surface area contributed by atoms with Crippen molar-refractivity contribution in [3.63, 3.8) is 0 Å². The Kier molecular flexibility index (Phi) is 8.69. The van der Waals surface area contributed by atoms with E-state index in [9.17, 15) is 9.59 Å². The van der Waals surface area contributed by atoms with Crippen LogP contribution in [0, 0.1) is 0 Å². The zero-order valence-corrected chi connectivity index (χ0v) is 12.6. The van der Waals surface area contributed by atoms with E-state index in [1.807, 2.05) is 12.3 Å². The molecule has 0 spiro atoms. The normalized spacial score (nSPS) is 22.9. The zero-order valence-electron chi connectivity index (χ0n) is 11.0. The SMILES string of the molecule is CCOC1CCC(=O)C=CSCSC=CC(=O)NC1. The fourth-order valence-electron chi connectivity index (χ4n) is 1.49. The molecule has 1 unspecified atom stereocenters. The summed E-state index contributed by atoms with van der Waals surface area (Å²) in [6.45, 7) is 2.92. The predicted octanol–water partition coefficient (Wildman–Crippen LogP) is 2.32. The Bertz CT molecular complexity index is 326. The lowest BCUT2D eigenvalue weighted by atomic mass is 10.1. The smallest absolute Gasteiger partial charge is 0.244 e. The summed E-state index contributed by atoms with van der Waals surface area (Å²) in [5.41, 5.74) is 0. The van der Waals surface area contributed by atoms with Crippen molar-refractivity contribution in [3.8, 4) is 0 Å². The van der Waals surface area contributed by atoms with Crippen LogP contribution in [0.5, 0.6) is 0 Å². The van der Waals surface area contributed by atoms with Gasteiger partial charge in [-0.2, -0.15) is 0 Å². The van der Waals surface area contributed by atoms with Crippen LogP contribution in [0.15, 0.2) is 23.0 Å². The highest BCUT2D eigenvalue weighted by Crippen LogP contribution is 2.14. The summed E-state index contributed by atoms with van der Waals surface area (Å²) in [5, 5.41) is 7.15. The molecule has 0 aromatic rings. The van der Waals surface area contributed by atoms with Gasteiger partial charge in [0.25, 0.3) is 0 Å². The Morgan fingerprint density at radius 2 is 2.05 bits per heavy atom. The highest BCUT2D eigenvalue weighted by atomic mass is 32.2. The predicted molar refractivity (Wildman–Crippen MR) is 81.0 cm³/mol. The summed E-state index contributed by atoms with van der Waals surface area (Å²) < 4.78 is 5.51. The van der Waals surface area contributed by atoms with Gasteiger partial charge in [-0.15, -0.1) is 23.5 Å². The molecule has 106 valence electrons. The van der Waals surface area contributed by atoms with E-state index in [0.29, 0.717) is 26.0 Å². The highest BCUT2D eigenvalue weighted by Gasteiger charge is 2.11. The average molecular weight is 301 g/mol. The maximum absolute atomic E-state index is 11.6. The molecular formula is C13H19NO3S2. The lowest BCUT2D eigenvalue weighted by Crippen LogP contribution is -2.33. The van der Waals surface area contributed by atoms with Crippen LogP contribution in [0.1, 0.15) is 19.8 Å². The largest absolute Gasteiger partial charge is 0.377 e. The lowest BCUT2D eigenvalue weighted by molar-refractivity contribution is -0.117. The van der Waals surface area contributed by atoms with Crippen molar-refractivity contribution in [2.45, 2.75) is 25.9 Å². The van der Waals surface area contributed by atoms with Crippen LogP contribution in [0.4, 0.5) is 0 Å². The van der Waals surface area contributed by atoms with Crippen LogP contribution in [0.2, 0.25) is 0 Å². The Morgan fingerprint density at radius 1 is 1.32 bits per heavy atom. The van der Waals surface area contributed by atoms with E-state index in [1.165, 1.54) is 17.8 Å². The molecule has 0 saturated heterocycles. The van der Waals surface area contributed by atoms with Crippen molar-refractivity contribution < 1.29 is 14.3 Å². The number of carbonyl (C=O) groups excluding carboxylic acids is 2. The number of hydrogen-bond acceptors (Lipinski definition) is 5. The van der Waals surface area contributed by atoms with Gasteiger partial charge in [0.15, 0.2) is 5.78 Å². The maximum atomic E-state index is 11.6. The molecule has 0 aliphatic carbocycles. The molecule has 1 N–H and O–H groups in total. The molecule has 1 aliphatic rings. The molecule has 1 atom stereocenters. The minimum absolute atomic E-state index is 0.0983. The Hall–Kier alpha value is -0.720. The topological polar surface area (TPSA) is 55.4 Å². The molecule has 0 aromatic heterocycles. The first-order valence-corrected chi connectivity index (χ1v) is 8.30. The molecule has 6 heteroatoms. The first-order chi connectivity index (χ1) is 9.22. The molecule has 4 nitrogen and oxygen atoms in total. The van der Waals surface area contributed by atoms with Gasteiger partial charge in [0.2, 0.25) is 5.91 Å². The van der Waals surface area contributed by atoms with E-state index < -0.39 is 0 Å². The minimum Gasteiger partial charge on any atom is -0.377 e. The van der Waals surface area contributed by atoms with Crippen molar-refractivity contribution in [2.24, 2.45) is 0 Å². The molecular weight excluding hydrogens is 282 g/mol. The number of ketones is 1. The van der Waals surface area contributed by atoms with E-state index in [0.717, 1.165) is 5.08 Å². The molecule has 0 aromatic carbocycles. The lowest BCUT2D eigenvalue weighted by Gasteiger charge is -2.16. The van der Waals surface area contributed by atoms with Crippen LogP contribution in [-0.4, -0.2) is 36.0 Å². The number of rotatable bonds is 2. The van der Waals surface area contributed by atoms with Crippen LogP contribution in [0.25, 0.3) is 0 Å². The van der Waals surface area contributed by atoms with Crippen molar-refractivity contribution in [1.29, 1.82) is 0 Å². The Balaban J connectivity index is 2.57. The fraction of sp³-hybridized carbons (Fsp3) is 0.538. The molecule has 0 saturated carbocycles. The molecule has 0 bridgehead atoms. The fourth-order valence-corrected chi connectivity index (χ4v) is 2.90. The van der Waals surface area contributed by atoms with E-state index >= 15 is 0 Å². The number of ether oxygens (including phenoxy) is 1. The number of amides is 1. The zero-order chi connectivity index (χ0) is 13.9. The number of carbonyl (C=O) groups is 2. The van der Waals surface area contributed by atoms with Crippen molar-refractivity contribution in [3.05, 3.63) is 23.0 Å². The van der Waals surface area contributed by atoms with Gasteiger partial charge in [-0.05, 0) is 30.2 Å².